The Kier molecular flexibility index (Phi) is 19.3. The van der Waals surface area contributed by atoms with Gasteiger partial charge in [-0.05, 0) is 43.2 Å². The highest BCUT2D eigenvalue weighted by Gasteiger charge is 2.44. The van der Waals surface area contributed by atoms with Gasteiger partial charge in [-0.3, -0.25) is 19.8 Å². The molecule has 4 N–H and O–H groups in total. The normalized spacial score (nSPS) is 18.7. The summed E-state index contributed by atoms with van der Waals surface area (Å²) in [6.07, 6.45) is -15.1. The van der Waals surface area contributed by atoms with E-state index >= 15 is 0 Å². The van der Waals surface area contributed by atoms with Crippen LogP contribution in [0.4, 0.5) is 52.7 Å². The number of alkyl halides is 12. The smallest absolute Gasteiger partial charge is 0.475 e. The number of likely N-dealkylation sites (tertiary alicyclic amines) is 2. The minimum atomic E-state index is -5.08. The molecule has 25 heteroatoms. The zero-order chi connectivity index (χ0) is 42.2. The molecule has 2 aliphatic heterocycles. The van der Waals surface area contributed by atoms with Gasteiger partial charge in [0.15, 0.2) is 0 Å². The van der Waals surface area contributed by atoms with Crippen LogP contribution in [0.5, 0.6) is 0 Å². The fourth-order valence-corrected chi connectivity index (χ4v) is 4.58. The summed E-state index contributed by atoms with van der Waals surface area (Å²) in [6, 6.07) is 11.1. The summed E-state index contributed by atoms with van der Waals surface area (Å²) in [5, 5.41) is 28.5. The highest BCUT2D eigenvalue weighted by atomic mass is 19.4. The number of nitrogens with zero attached hydrogens (tertiary/aromatic N) is 4. The molecule has 54 heavy (non-hydrogen) atoms. The minimum Gasteiger partial charge on any atom is -0.475 e. The Morgan fingerprint density at radius 1 is 0.722 bits per heavy atom. The third kappa shape index (κ3) is 19.3. The number of halogens is 12. The molecule has 4 rings (SSSR count). The van der Waals surface area contributed by atoms with Gasteiger partial charge in [-0.1, -0.05) is 6.07 Å². The molecule has 2 aromatic rings. The molecular formula is C29H32F12N4O9. The Morgan fingerprint density at radius 2 is 1.15 bits per heavy atom. The molecule has 0 saturated carbocycles. The van der Waals surface area contributed by atoms with Crippen LogP contribution in [-0.2, 0) is 37.0 Å². The molecule has 0 unspecified atom stereocenters. The van der Waals surface area contributed by atoms with Gasteiger partial charge in [0.1, 0.15) is 0 Å². The first-order valence-electron chi connectivity index (χ1n) is 14.5. The van der Waals surface area contributed by atoms with Crippen LogP contribution in [0.2, 0.25) is 0 Å². The zero-order valence-corrected chi connectivity index (χ0v) is 27.7. The van der Waals surface area contributed by atoms with Gasteiger partial charge >= 0.3 is 48.6 Å². The number of hydrogen-bond acceptors (Lipinski definition) is 9. The van der Waals surface area contributed by atoms with Gasteiger partial charge in [-0.25, -0.2) is 19.2 Å². The van der Waals surface area contributed by atoms with Crippen LogP contribution in [0.1, 0.15) is 23.4 Å². The van der Waals surface area contributed by atoms with Crippen molar-refractivity contribution in [2.45, 2.75) is 63.3 Å². The molecule has 2 fully saturated rings. The molecule has 2 aliphatic rings. The van der Waals surface area contributed by atoms with Gasteiger partial charge in [0.25, 0.3) is 0 Å². The molecular weight excluding hydrogens is 776 g/mol. The number of carbonyl (C=O) groups is 4. The van der Waals surface area contributed by atoms with Crippen molar-refractivity contribution in [3.8, 4) is 0 Å². The lowest BCUT2D eigenvalue weighted by Crippen LogP contribution is -2.50. The number of ether oxygens (including phenoxy) is 1. The van der Waals surface area contributed by atoms with Crippen molar-refractivity contribution in [3.05, 3.63) is 59.7 Å². The molecule has 0 aliphatic carbocycles. The number of carboxylic acid groups (broad SMARTS) is 4. The van der Waals surface area contributed by atoms with Crippen LogP contribution in [0.15, 0.2) is 42.7 Å². The fourth-order valence-electron chi connectivity index (χ4n) is 4.58. The summed E-state index contributed by atoms with van der Waals surface area (Å²) in [5.74, 6) is -10.5. The van der Waals surface area contributed by atoms with E-state index in [-0.39, 0.29) is 0 Å². The van der Waals surface area contributed by atoms with Crippen molar-refractivity contribution in [1.82, 2.24) is 19.8 Å². The first-order valence-corrected chi connectivity index (χ1v) is 14.5. The highest BCUT2D eigenvalue weighted by Crippen LogP contribution is 2.34. The first-order chi connectivity index (χ1) is 24.5. The van der Waals surface area contributed by atoms with Crippen LogP contribution in [0.3, 0.4) is 0 Å². The molecule has 3 atom stereocenters. The fraction of sp³-hybridized carbons (Fsp3) is 0.517. The van der Waals surface area contributed by atoms with Crippen molar-refractivity contribution >= 4 is 23.9 Å². The predicted molar refractivity (Wildman–Crippen MR) is 156 cm³/mol. The van der Waals surface area contributed by atoms with Gasteiger partial charge in [-0.2, -0.15) is 52.7 Å². The maximum Gasteiger partial charge on any atom is 0.490 e. The second-order valence-corrected chi connectivity index (χ2v) is 10.8. The maximum atomic E-state index is 10.6. The highest BCUT2D eigenvalue weighted by molar-refractivity contribution is 5.74. The summed E-state index contributed by atoms with van der Waals surface area (Å²) in [4.78, 5) is 49.6. The Morgan fingerprint density at radius 3 is 1.52 bits per heavy atom. The molecule has 0 bridgehead atoms. The predicted octanol–water partition coefficient (Wildman–Crippen LogP) is 5.04. The van der Waals surface area contributed by atoms with Crippen LogP contribution < -0.4 is 0 Å². The van der Waals surface area contributed by atoms with E-state index in [1.807, 2.05) is 19.5 Å². The van der Waals surface area contributed by atoms with E-state index in [0.717, 1.165) is 44.8 Å². The summed E-state index contributed by atoms with van der Waals surface area (Å²) in [6.45, 7) is 7.26. The monoisotopic (exact) mass is 808 g/mol. The second kappa shape index (κ2) is 21.2. The lowest BCUT2D eigenvalue weighted by atomic mass is 9.89. The molecule has 4 heterocycles. The average Bonchev–Trinajstić information content (AvgIpc) is 3.45. The van der Waals surface area contributed by atoms with Crippen LogP contribution in [-0.4, -0.2) is 128 Å². The third-order valence-corrected chi connectivity index (χ3v) is 6.80. The largest absolute Gasteiger partial charge is 0.490 e. The molecule has 0 amide bonds. The molecule has 0 radical (unpaired) electrons. The summed E-state index contributed by atoms with van der Waals surface area (Å²) < 4.78 is 133. The zero-order valence-electron chi connectivity index (χ0n) is 27.7. The van der Waals surface area contributed by atoms with Crippen LogP contribution in [0, 0.1) is 12.8 Å². The van der Waals surface area contributed by atoms with Crippen LogP contribution in [0.25, 0.3) is 0 Å². The first kappa shape index (κ1) is 49.2. The molecule has 0 spiro atoms. The number of carboxylic acids is 4. The minimum absolute atomic E-state index is 0.365. The molecule has 2 aromatic heterocycles. The molecule has 0 aromatic carbocycles. The number of rotatable bonds is 5. The van der Waals surface area contributed by atoms with Gasteiger partial charge < -0.3 is 25.2 Å². The molecule has 13 nitrogen and oxygen atoms in total. The van der Waals surface area contributed by atoms with E-state index < -0.39 is 48.6 Å². The molecule has 2 saturated heterocycles. The number of methoxy groups -OCH3 is 1. The van der Waals surface area contributed by atoms with E-state index in [0.29, 0.717) is 18.1 Å². The molecule has 306 valence electrons. The topological polar surface area (TPSA) is 191 Å². The Labute approximate surface area is 296 Å². The number of piperidine rings is 1. The number of hydrogen-bond donors (Lipinski definition) is 4. The van der Waals surface area contributed by atoms with Gasteiger partial charge in [0, 0.05) is 69.9 Å². The van der Waals surface area contributed by atoms with Crippen LogP contribution >= 0.6 is 0 Å². The van der Waals surface area contributed by atoms with E-state index in [2.05, 4.69) is 52.0 Å². The van der Waals surface area contributed by atoms with Crippen molar-refractivity contribution in [1.29, 1.82) is 0 Å². The van der Waals surface area contributed by atoms with Gasteiger partial charge in [0.2, 0.25) is 0 Å². The van der Waals surface area contributed by atoms with Crippen molar-refractivity contribution in [2.75, 3.05) is 26.7 Å². The maximum absolute atomic E-state index is 10.6. The number of aromatic nitrogens is 2. The second-order valence-electron chi connectivity index (χ2n) is 10.8. The van der Waals surface area contributed by atoms with E-state index in [4.69, 9.17) is 49.3 Å². The van der Waals surface area contributed by atoms with E-state index in [1.165, 1.54) is 11.3 Å². The van der Waals surface area contributed by atoms with Crippen molar-refractivity contribution in [2.24, 2.45) is 5.92 Å². The summed E-state index contributed by atoms with van der Waals surface area (Å²) in [5.41, 5.74) is 3.60. The van der Waals surface area contributed by atoms with Crippen molar-refractivity contribution < 1.29 is 97.0 Å². The Hall–Kier alpha value is -4.78. The Balaban J connectivity index is 0.000000820. The van der Waals surface area contributed by atoms with E-state index in [1.54, 1.807) is 0 Å². The quantitative estimate of drug-likeness (QED) is 0.294. The van der Waals surface area contributed by atoms with Gasteiger partial charge in [0.05, 0.1) is 11.8 Å². The Bertz CT molecular complexity index is 1400. The lowest BCUT2D eigenvalue weighted by Gasteiger charge is -2.41. The van der Waals surface area contributed by atoms with Crippen molar-refractivity contribution in [3.63, 3.8) is 0 Å². The number of aliphatic carboxylic acids is 4. The average molecular weight is 809 g/mol. The summed E-state index contributed by atoms with van der Waals surface area (Å²) >= 11 is 0. The standard InChI is InChI=1S/C21H28N4O.4C2HF3O2/c1-16-4-3-5-18(23-16)13-25-11-8-21(26-2)19-14-24(15-20(19)25)12-17-6-9-22-10-7-17;4*3-2(4,5)1(6)7/h3-7,9-10,19-21H,8,11-15H2,1-2H3;4*(H,6,7)/t19-,20+,21+;;;;/m0..../s1. The van der Waals surface area contributed by atoms with Gasteiger partial charge in [-0.15, -0.1) is 0 Å². The number of aryl methyl sites for hydroxylation is 1. The lowest BCUT2D eigenvalue weighted by molar-refractivity contribution is -0.193. The van der Waals surface area contributed by atoms with E-state index in [9.17, 15) is 52.7 Å². The third-order valence-electron chi connectivity index (χ3n) is 6.80. The SMILES string of the molecule is CO[C@@H]1CCN(Cc2cccc(C)n2)[C@@H]2CN(Cc3ccncc3)C[C@@H]21.O=C(O)C(F)(F)F.O=C(O)C(F)(F)F.O=C(O)C(F)(F)F.O=C(O)C(F)(F)F. The summed E-state index contributed by atoms with van der Waals surface area (Å²) in [7, 11) is 1.87. The number of pyridine rings is 2. The number of fused-ring (bicyclic) bond motifs is 1.